The van der Waals surface area contributed by atoms with Crippen molar-refractivity contribution in [1.82, 2.24) is 0 Å². The maximum Gasteiger partial charge on any atom is 0.257 e. The minimum atomic E-state index is -0.382. The Morgan fingerprint density at radius 2 is 1.78 bits per heavy atom. The van der Waals surface area contributed by atoms with E-state index in [0.717, 1.165) is 4.90 Å². The standard InChI is InChI=1S/C24H21N3O4S/c1-14-22(28)27-20-12-15(10-11-21(20)32-14)23(29)26-19-9-4-3-8-18(19)24(30)25-16-6-5-7-17(13-16)31-2/h3-14H,1-2H3,(H,25,30)(H,26,29)(H,27,28). The van der Waals surface area contributed by atoms with Crippen LogP contribution in [0.2, 0.25) is 0 Å². The fourth-order valence-electron chi connectivity index (χ4n) is 3.23. The highest BCUT2D eigenvalue weighted by atomic mass is 32.2. The van der Waals surface area contributed by atoms with E-state index in [1.165, 1.54) is 11.8 Å². The molecule has 1 aliphatic rings. The zero-order valence-electron chi connectivity index (χ0n) is 17.5. The van der Waals surface area contributed by atoms with E-state index in [1.807, 2.05) is 13.0 Å². The number of ether oxygens (including phenoxy) is 1. The van der Waals surface area contributed by atoms with Gasteiger partial charge in [0.25, 0.3) is 11.8 Å². The van der Waals surface area contributed by atoms with Gasteiger partial charge in [0, 0.05) is 22.2 Å². The fraction of sp³-hybridized carbons (Fsp3) is 0.125. The third-order valence-electron chi connectivity index (χ3n) is 4.92. The predicted molar refractivity (Wildman–Crippen MR) is 126 cm³/mol. The Bertz CT molecular complexity index is 1210. The van der Waals surface area contributed by atoms with Crippen molar-refractivity contribution >= 4 is 46.5 Å². The van der Waals surface area contributed by atoms with Crippen molar-refractivity contribution in [3.63, 3.8) is 0 Å². The van der Waals surface area contributed by atoms with Crippen LogP contribution in [-0.4, -0.2) is 30.1 Å². The number of fused-ring (bicyclic) bond motifs is 1. The average Bonchev–Trinajstić information content (AvgIpc) is 2.80. The molecular formula is C24H21N3O4S. The molecule has 8 heteroatoms. The number of hydrogen-bond donors (Lipinski definition) is 3. The van der Waals surface area contributed by atoms with Gasteiger partial charge in [-0.1, -0.05) is 18.2 Å². The molecule has 0 radical (unpaired) electrons. The van der Waals surface area contributed by atoms with Crippen LogP contribution in [0.4, 0.5) is 17.1 Å². The van der Waals surface area contributed by atoms with Gasteiger partial charge in [-0.05, 0) is 49.4 Å². The van der Waals surface area contributed by atoms with Gasteiger partial charge in [-0.3, -0.25) is 14.4 Å². The van der Waals surface area contributed by atoms with Crippen LogP contribution < -0.4 is 20.7 Å². The summed E-state index contributed by atoms with van der Waals surface area (Å²) in [5.74, 6) is -0.222. The summed E-state index contributed by atoms with van der Waals surface area (Å²) in [5.41, 5.74) is 2.26. The van der Waals surface area contributed by atoms with Crippen molar-refractivity contribution in [3.8, 4) is 5.75 Å². The van der Waals surface area contributed by atoms with Gasteiger partial charge in [-0.25, -0.2) is 0 Å². The molecule has 1 aliphatic heterocycles. The van der Waals surface area contributed by atoms with Gasteiger partial charge in [-0.15, -0.1) is 11.8 Å². The summed E-state index contributed by atoms with van der Waals surface area (Å²) in [4.78, 5) is 38.6. The maximum atomic E-state index is 12.9. The number of benzene rings is 3. The summed E-state index contributed by atoms with van der Waals surface area (Å²) < 4.78 is 5.18. The summed E-state index contributed by atoms with van der Waals surface area (Å²) in [7, 11) is 1.55. The average molecular weight is 448 g/mol. The Balaban J connectivity index is 1.53. The highest BCUT2D eigenvalue weighted by Crippen LogP contribution is 2.36. The van der Waals surface area contributed by atoms with Crippen LogP contribution in [0.15, 0.2) is 71.6 Å². The van der Waals surface area contributed by atoms with Crippen LogP contribution in [-0.2, 0) is 4.79 Å². The van der Waals surface area contributed by atoms with Crippen LogP contribution in [0, 0.1) is 0 Å². The lowest BCUT2D eigenvalue weighted by Gasteiger charge is -2.21. The second-order valence-corrected chi connectivity index (χ2v) is 8.53. The van der Waals surface area contributed by atoms with Gasteiger partial charge in [0.15, 0.2) is 0 Å². The molecule has 3 N–H and O–H groups in total. The van der Waals surface area contributed by atoms with Crippen LogP contribution >= 0.6 is 11.8 Å². The highest BCUT2D eigenvalue weighted by molar-refractivity contribution is 8.00. The number of carbonyl (C=O) groups is 3. The first-order valence-electron chi connectivity index (χ1n) is 9.92. The minimum Gasteiger partial charge on any atom is -0.497 e. The third-order valence-corrected chi connectivity index (χ3v) is 6.10. The molecule has 3 aromatic carbocycles. The summed E-state index contributed by atoms with van der Waals surface area (Å²) in [6, 6.07) is 18.9. The number of amides is 3. The molecule has 7 nitrogen and oxygen atoms in total. The van der Waals surface area contributed by atoms with E-state index in [0.29, 0.717) is 33.9 Å². The monoisotopic (exact) mass is 447 g/mol. The van der Waals surface area contributed by atoms with Crippen LogP contribution in [0.1, 0.15) is 27.6 Å². The molecule has 3 aromatic rings. The number of methoxy groups -OCH3 is 1. The van der Waals surface area contributed by atoms with Gasteiger partial charge in [0.05, 0.1) is 29.3 Å². The van der Waals surface area contributed by atoms with E-state index in [9.17, 15) is 14.4 Å². The molecule has 32 heavy (non-hydrogen) atoms. The molecule has 0 spiro atoms. The Kier molecular flexibility index (Phi) is 6.13. The Morgan fingerprint density at radius 3 is 2.59 bits per heavy atom. The van der Waals surface area contributed by atoms with Gasteiger partial charge < -0.3 is 20.7 Å². The summed E-state index contributed by atoms with van der Waals surface area (Å²) in [5, 5.41) is 8.25. The third kappa shape index (κ3) is 4.60. The normalized spacial score (nSPS) is 14.7. The van der Waals surface area contributed by atoms with E-state index in [-0.39, 0.29) is 23.0 Å². The van der Waals surface area contributed by atoms with Gasteiger partial charge in [-0.2, -0.15) is 0 Å². The number of thioether (sulfide) groups is 1. The van der Waals surface area contributed by atoms with Crippen molar-refractivity contribution in [2.24, 2.45) is 0 Å². The smallest absolute Gasteiger partial charge is 0.257 e. The number of carbonyl (C=O) groups excluding carboxylic acids is 3. The van der Waals surface area contributed by atoms with Crippen LogP contribution in [0.5, 0.6) is 5.75 Å². The molecule has 0 saturated heterocycles. The quantitative estimate of drug-likeness (QED) is 0.530. The number of nitrogens with one attached hydrogen (secondary N) is 3. The molecule has 162 valence electrons. The van der Waals surface area contributed by atoms with E-state index in [2.05, 4.69) is 16.0 Å². The van der Waals surface area contributed by atoms with Crippen molar-refractivity contribution in [2.75, 3.05) is 23.1 Å². The first-order chi connectivity index (χ1) is 15.4. The van der Waals surface area contributed by atoms with Crippen LogP contribution in [0.3, 0.4) is 0 Å². The summed E-state index contributed by atoms with van der Waals surface area (Å²) in [6.07, 6.45) is 0. The molecule has 0 saturated carbocycles. The van der Waals surface area contributed by atoms with E-state index in [1.54, 1.807) is 67.8 Å². The summed E-state index contributed by atoms with van der Waals surface area (Å²) in [6.45, 7) is 1.83. The van der Waals surface area contributed by atoms with E-state index >= 15 is 0 Å². The SMILES string of the molecule is COc1cccc(NC(=O)c2ccccc2NC(=O)c2ccc3c(c2)NC(=O)C(C)S3)c1. The minimum absolute atomic E-state index is 0.0976. The number of para-hydroxylation sites is 1. The maximum absolute atomic E-state index is 12.9. The van der Waals surface area contributed by atoms with E-state index < -0.39 is 0 Å². The Hall–Kier alpha value is -3.78. The fourth-order valence-corrected chi connectivity index (χ4v) is 4.16. The first-order valence-corrected chi connectivity index (χ1v) is 10.8. The van der Waals surface area contributed by atoms with E-state index in [4.69, 9.17) is 4.74 Å². The van der Waals surface area contributed by atoms with Crippen molar-refractivity contribution in [3.05, 3.63) is 77.9 Å². The Labute approximate surface area is 189 Å². The lowest BCUT2D eigenvalue weighted by molar-refractivity contribution is -0.115. The van der Waals surface area contributed by atoms with Crippen LogP contribution in [0.25, 0.3) is 0 Å². The van der Waals surface area contributed by atoms with Crippen molar-refractivity contribution in [1.29, 1.82) is 0 Å². The zero-order chi connectivity index (χ0) is 22.7. The number of rotatable bonds is 5. The molecule has 0 fully saturated rings. The predicted octanol–water partition coefficient (Wildman–Crippen LogP) is 4.63. The highest BCUT2D eigenvalue weighted by Gasteiger charge is 2.24. The van der Waals surface area contributed by atoms with Gasteiger partial charge >= 0.3 is 0 Å². The molecule has 1 heterocycles. The molecule has 0 aromatic heterocycles. The Morgan fingerprint density at radius 1 is 0.969 bits per heavy atom. The number of anilines is 3. The van der Waals surface area contributed by atoms with Crippen molar-refractivity contribution < 1.29 is 19.1 Å². The number of hydrogen-bond acceptors (Lipinski definition) is 5. The molecular weight excluding hydrogens is 426 g/mol. The lowest BCUT2D eigenvalue weighted by atomic mass is 10.1. The molecule has 4 rings (SSSR count). The zero-order valence-corrected chi connectivity index (χ0v) is 18.3. The topological polar surface area (TPSA) is 96.5 Å². The van der Waals surface area contributed by atoms with Gasteiger partial charge in [0.1, 0.15) is 5.75 Å². The second kappa shape index (κ2) is 9.15. The molecule has 1 atom stereocenters. The summed E-state index contributed by atoms with van der Waals surface area (Å²) >= 11 is 1.45. The van der Waals surface area contributed by atoms with Crippen molar-refractivity contribution in [2.45, 2.75) is 17.1 Å². The second-order valence-electron chi connectivity index (χ2n) is 7.15. The molecule has 0 bridgehead atoms. The molecule has 0 aliphatic carbocycles. The molecule has 1 unspecified atom stereocenters. The largest absolute Gasteiger partial charge is 0.497 e. The molecule has 3 amide bonds. The van der Waals surface area contributed by atoms with Gasteiger partial charge in [0.2, 0.25) is 5.91 Å². The first kappa shape index (κ1) is 21.5. The lowest BCUT2D eigenvalue weighted by Crippen LogP contribution is -2.26.